The number of hydrogen-bond donors (Lipinski definition) is 0. The van der Waals surface area contributed by atoms with Crippen LogP contribution in [-0.2, 0) is 21.4 Å². The Morgan fingerprint density at radius 3 is 2.16 bits per heavy atom. The van der Waals surface area contributed by atoms with E-state index < -0.39 is 10.0 Å². The zero-order valence-electron chi connectivity index (χ0n) is 19.7. The molecule has 0 atom stereocenters. The molecule has 1 amide bonds. The average Bonchev–Trinajstić information content (AvgIpc) is 2.74. The van der Waals surface area contributed by atoms with E-state index >= 15 is 0 Å². The Balaban J connectivity index is 1.61. The van der Waals surface area contributed by atoms with Gasteiger partial charge in [0.2, 0.25) is 15.9 Å². The quantitative estimate of drug-likeness (QED) is 0.627. The summed E-state index contributed by atoms with van der Waals surface area (Å²) in [7, 11) is -1.76. The normalized spacial score (nSPS) is 15.5. The van der Waals surface area contributed by atoms with Gasteiger partial charge in [-0.2, -0.15) is 4.31 Å². The maximum atomic E-state index is 13.3. The third-order valence-corrected chi connectivity index (χ3v) is 8.24. The van der Waals surface area contributed by atoms with Crippen molar-refractivity contribution in [2.45, 2.75) is 52.0 Å². The van der Waals surface area contributed by atoms with Gasteiger partial charge >= 0.3 is 0 Å². The highest BCUT2D eigenvalue weighted by Crippen LogP contribution is 2.29. The predicted molar refractivity (Wildman–Crippen MR) is 126 cm³/mol. The third kappa shape index (κ3) is 5.33. The fourth-order valence-corrected chi connectivity index (χ4v) is 6.45. The highest BCUT2D eigenvalue weighted by Gasteiger charge is 2.34. The molecule has 1 aliphatic heterocycles. The van der Waals surface area contributed by atoms with Crippen molar-refractivity contribution in [3.05, 3.63) is 58.7 Å². The van der Waals surface area contributed by atoms with Crippen molar-refractivity contribution in [1.82, 2.24) is 9.21 Å². The zero-order valence-corrected chi connectivity index (χ0v) is 20.5. The van der Waals surface area contributed by atoms with E-state index in [1.54, 1.807) is 11.9 Å². The van der Waals surface area contributed by atoms with E-state index in [0.29, 0.717) is 44.0 Å². The standard InChI is InChI=1S/C25H34N2O4S/c1-6-31-23-9-7-21(8-10-23)17-26(5)25(28)22-11-13-27(14-12-22)32(29,30)24-19(3)15-18(2)16-20(24)4/h7-10,15-16,22H,6,11-14,17H2,1-5H3. The van der Waals surface area contributed by atoms with Gasteiger partial charge < -0.3 is 9.64 Å². The number of rotatable bonds is 7. The molecule has 1 saturated heterocycles. The number of carbonyl (C=O) groups is 1. The van der Waals surface area contributed by atoms with Gasteiger partial charge in [0.05, 0.1) is 11.5 Å². The van der Waals surface area contributed by atoms with Gasteiger partial charge in [-0.25, -0.2) is 8.42 Å². The summed E-state index contributed by atoms with van der Waals surface area (Å²) in [6.45, 7) is 9.47. The maximum absolute atomic E-state index is 13.3. The lowest BCUT2D eigenvalue weighted by Crippen LogP contribution is -2.43. The summed E-state index contributed by atoms with van der Waals surface area (Å²) in [6, 6.07) is 11.6. The lowest BCUT2D eigenvalue weighted by atomic mass is 9.96. The first-order chi connectivity index (χ1) is 15.1. The topological polar surface area (TPSA) is 66.9 Å². The van der Waals surface area contributed by atoms with Crippen LogP contribution in [0.5, 0.6) is 5.75 Å². The summed E-state index contributed by atoms with van der Waals surface area (Å²) in [6.07, 6.45) is 1.07. The van der Waals surface area contributed by atoms with Crippen LogP contribution in [0, 0.1) is 26.7 Å². The van der Waals surface area contributed by atoms with Crippen LogP contribution in [0.2, 0.25) is 0 Å². The number of nitrogens with zero attached hydrogens (tertiary/aromatic N) is 2. The van der Waals surface area contributed by atoms with Gasteiger partial charge in [0.25, 0.3) is 0 Å². The third-order valence-electron chi connectivity index (χ3n) is 6.04. The second-order valence-electron chi connectivity index (χ2n) is 8.68. The minimum Gasteiger partial charge on any atom is -0.494 e. The Morgan fingerprint density at radius 2 is 1.62 bits per heavy atom. The highest BCUT2D eigenvalue weighted by molar-refractivity contribution is 7.89. The fraction of sp³-hybridized carbons (Fsp3) is 0.480. The van der Waals surface area contributed by atoms with Crippen molar-refractivity contribution < 1.29 is 17.9 Å². The number of aryl methyl sites for hydroxylation is 3. The van der Waals surface area contributed by atoms with E-state index in [4.69, 9.17) is 4.74 Å². The summed E-state index contributed by atoms with van der Waals surface area (Å²) in [4.78, 5) is 15.1. The van der Waals surface area contributed by atoms with Crippen LogP contribution < -0.4 is 4.74 Å². The molecule has 7 heteroatoms. The number of carbonyl (C=O) groups excluding carboxylic acids is 1. The molecule has 0 unspecified atom stereocenters. The Labute approximate surface area is 192 Å². The second kappa shape index (κ2) is 10.0. The monoisotopic (exact) mass is 458 g/mol. The second-order valence-corrected chi connectivity index (χ2v) is 10.6. The minimum absolute atomic E-state index is 0.0682. The molecule has 174 valence electrons. The zero-order chi connectivity index (χ0) is 23.5. The summed E-state index contributed by atoms with van der Waals surface area (Å²) in [5.41, 5.74) is 3.64. The van der Waals surface area contributed by atoms with Crippen molar-refractivity contribution in [3.63, 3.8) is 0 Å². The number of hydrogen-bond acceptors (Lipinski definition) is 4. The first-order valence-corrected chi connectivity index (χ1v) is 12.6. The summed E-state index contributed by atoms with van der Waals surface area (Å²) < 4.78 is 33.6. The summed E-state index contributed by atoms with van der Waals surface area (Å²) >= 11 is 0. The predicted octanol–water partition coefficient (Wildman–Crippen LogP) is 4.07. The van der Waals surface area contributed by atoms with Crippen LogP contribution in [0.1, 0.15) is 42.0 Å². The number of sulfonamides is 1. The van der Waals surface area contributed by atoms with Crippen molar-refractivity contribution >= 4 is 15.9 Å². The van der Waals surface area contributed by atoms with Crippen LogP contribution in [0.25, 0.3) is 0 Å². The molecular weight excluding hydrogens is 424 g/mol. The lowest BCUT2D eigenvalue weighted by molar-refractivity contribution is -0.135. The minimum atomic E-state index is -3.57. The molecule has 0 aromatic heterocycles. The molecule has 0 radical (unpaired) electrons. The number of amides is 1. The van der Waals surface area contributed by atoms with E-state index in [1.165, 1.54) is 4.31 Å². The van der Waals surface area contributed by atoms with Crippen molar-refractivity contribution in [1.29, 1.82) is 0 Å². The molecule has 1 aliphatic rings. The van der Waals surface area contributed by atoms with Gasteiger partial charge in [-0.3, -0.25) is 4.79 Å². The Kier molecular flexibility index (Phi) is 7.62. The molecular formula is C25H34N2O4S. The van der Waals surface area contributed by atoms with Crippen LogP contribution in [0.3, 0.4) is 0 Å². The average molecular weight is 459 g/mol. The van der Waals surface area contributed by atoms with Crippen molar-refractivity contribution in [2.24, 2.45) is 5.92 Å². The molecule has 1 heterocycles. The van der Waals surface area contributed by atoms with Crippen LogP contribution >= 0.6 is 0 Å². The fourth-order valence-electron chi connectivity index (χ4n) is 4.57. The number of piperidine rings is 1. The molecule has 2 aromatic rings. The smallest absolute Gasteiger partial charge is 0.243 e. The largest absolute Gasteiger partial charge is 0.494 e. The van der Waals surface area contributed by atoms with Gasteiger partial charge in [0, 0.05) is 32.6 Å². The number of ether oxygens (including phenoxy) is 1. The maximum Gasteiger partial charge on any atom is 0.243 e. The molecule has 0 spiro atoms. The van der Waals surface area contributed by atoms with E-state index in [-0.39, 0.29) is 11.8 Å². The number of benzene rings is 2. The Hall–Kier alpha value is -2.38. The Morgan fingerprint density at radius 1 is 1.06 bits per heavy atom. The van der Waals surface area contributed by atoms with Crippen LogP contribution in [-0.4, -0.2) is 50.3 Å². The SMILES string of the molecule is CCOc1ccc(CN(C)C(=O)C2CCN(S(=O)(=O)c3c(C)cc(C)cc3C)CC2)cc1. The highest BCUT2D eigenvalue weighted by atomic mass is 32.2. The van der Waals surface area contributed by atoms with E-state index in [2.05, 4.69) is 0 Å². The van der Waals surface area contributed by atoms with Crippen molar-refractivity contribution in [3.8, 4) is 5.75 Å². The molecule has 0 aliphatic carbocycles. The summed E-state index contributed by atoms with van der Waals surface area (Å²) in [5, 5.41) is 0. The van der Waals surface area contributed by atoms with E-state index in [1.807, 2.05) is 64.1 Å². The van der Waals surface area contributed by atoms with Crippen LogP contribution in [0.15, 0.2) is 41.3 Å². The van der Waals surface area contributed by atoms with Gasteiger partial charge in [-0.1, -0.05) is 29.8 Å². The first kappa shape index (κ1) is 24.3. The molecule has 0 N–H and O–H groups in total. The summed E-state index contributed by atoms with van der Waals surface area (Å²) in [5.74, 6) is 0.728. The van der Waals surface area contributed by atoms with E-state index in [0.717, 1.165) is 28.0 Å². The van der Waals surface area contributed by atoms with Gasteiger partial charge in [-0.05, 0) is 69.4 Å². The molecule has 2 aromatic carbocycles. The first-order valence-electron chi connectivity index (χ1n) is 11.2. The van der Waals surface area contributed by atoms with Gasteiger partial charge in [0.1, 0.15) is 5.75 Å². The lowest BCUT2D eigenvalue weighted by Gasteiger charge is -2.33. The van der Waals surface area contributed by atoms with E-state index in [9.17, 15) is 13.2 Å². The molecule has 32 heavy (non-hydrogen) atoms. The van der Waals surface area contributed by atoms with Gasteiger partial charge in [-0.15, -0.1) is 0 Å². The van der Waals surface area contributed by atoms with Gasteiger partial charge in [0.15, 0.2) is 0 Å². The Bertz CT molecular complexity index is 1030. The van der Waals surface area contributed by atoms with Crippen molar-refractivity contribution in [2.75, 3.05) is 26.7 Å². The molecule has 1 fully saturated rings. The molecule has 0 bridgehead atoms. The van der Waals surface area contributed by atoms with Crippen LogP contribution in [0.4, 0.5) is 0 Å². The molecule has 3 rings (SSSR count). The molecule has 0 saturated carbocycles. The molecule has 6 nitrogen and oxygen atoms in total.